The van der Waals surface area contributed by atoms with Gasteiger partial charge in [0.1, 0.15) is 0 Å². The number of amides is 1. The molecule has 0 aromatic heterocycles. The van der Waals surface area contributed by atoms with Crippen LogP contribution in [0.3, 0.4) is 0 Å². The van der Waals surface area contributed by atoms with Crippen molar-refractivity contribution in [2.45, 2.75) is 52.9 Å². The van der Waals surface area contributed by atoms with Crippen LogP contribution in [0.4, 0.5) is 5.69 Å². The lowest BCUT2D eigenvalue weighted by Gasteiger charge is -2.23. The predicted octanol–water partition coefficient (Wildman–Crippen LogP) is 5.07. The first-order valence-corrected chi connectivity index (χ1v) is 9.94. The molecule has 146 valence electrons. The Bertz CT molecular complexity index is 633. The van der Waals surface area contributed by atoms with Gasteiger partial charge in [0.2, 0.25) is 5.91 Å². The van der Waals surface area contributed by atoms with E-state index in [0.29, 0.717) is 24.8 Å². The minimum absolute atomic E-state index is 0. The molecule has 0 bridgehead atoms. The number of hydrogen-bond acceptors (Lipinski definition) is 4. The van der Waals surface area contributed by atoms with Crippen molar-refractivity contribution in [1.29, 1.82) is 0 Å². The first kappa shape index (κ1) is 23.1. The molecular weight excluding hydrogens is 412 g/mol. The van der Waals surface area contributed by atoms with Crippen LogP contribution in [0, 0.1) is 0 Å². The number of carbonyl (C=O) groups excluding carboxylic acids is 1. The zero-order valence-corrected chi connectivity index (χ0v) is 18.9. The highest BCUT2D eigenvalue weighted by atomic mass is 79.9. The normalized spacial score (nSPS) is 14.2. The molecule has 26 heavy (non-hydrogen) atoms. The number of thioether (sulfide) groups is 1. The Hall–Kier alpha value is -0.980. The number of para-hydroxylation sites is 1. The smallest absolute Gasteiger partial charge is 0.243 e. The Labute approximate surface area is 172 Å². The summed E-state index contributed by atoms with van der Waals surface area (Å²) < 4.78 is 0. The second kappa shape index (κ2) is 10.4. The molecule has 0 fully saturated rings. The van der Waals surface area contributed by atoms with Gasteiger partial charge < -0.3 is 15.3 Å². The number of carbonyl (C=O) groups is 1. The molecule has 0 radical (unpaired) electrons. The maximum atomic E-state index is 12.7. The highest BCUT2D eigenvalue weighted by Gasteiger charge is 2.22. The Morgan fingerprint density at radius 2 is 1.81 bits per heavy atom. The number of hydrogen-bond donors (Lipinski definition) is 2. The number of anilines is 1. The number of aliphatic hydroxyl groups is 1. The van der Waals surface area contributed by atoms with Crippen molar-refractivity contribution in [3.8, 4) is 0 Å². The average Bonchev–Trinajstić information content (AvgIpc) is 2.88. The van der Waals surface area contributed by atoms with Gasteiger partial charge >= 0.3 is 0 Å². The molecule has 4 nitrogen and oxygen atoms in total. The van der Waals surface area contributed by atoms with Crippen LogP contribution in [0.1, 0.15) is 64.0 Å². The zero-order chi connectivity index (χ0) is 18.6. The Morgan fingerprint density at radius 1 is 1.23 bits per heavy atom. The van der Waals surface area contributed by atoms with Gasteiger partial charge in [-0.2, -0.15) is 0 Å². The number of benzene rings is 1. The molecule has 1 heterocycles. The summed E-state index contributed by atoms with van der Waals surface area (Å²) in [4.78, 5) is 16.0. The second-order valence-corrected chi connectivity index (χ2v) is 8.16. The zero-order valence-electron chi connectivity index (χ0n) is 16.3. The first-order chi connectivity index (χ1) is 11.8. The van der Waals surface area contributed by atoms with E-state index in [1.807, 2.05) is 6.92 Å². The number of nitrogens with one attached hydrogen (secondary N) is 1. The molecule has 0 spiro atoms. The fraction of sp³-hybridized carbons (Fsp3) is 0.550. The topological polar surface area (TPSA) is 52.6 Å². The summed E-state index contributed by atoms with van der Waals surface area (Å²) in [5, 5.41) is 12.3. The van der Waals surface area contributed by atoms with Crippen LogP contribution < -0.4 is 5.32 Å². The Morgan fingerprint density at radius 3 is 2.31 bits per heavy atom. The van der Waals surface area contributed by atoms with Crippen LogP contribution >= 0.6 is 28.7 Å². The predicted molar refractivity (Wildman–Crippen MR) is 117 cm³/mol. The summed E-state index contributed by atoms with van der Waals surface area (Å²) in [5.74, 6) is 1.50. The first-order valence-electron chi connectivity index (χ1n) is 8.96. The number of nitrogens with zero attached hydrogens (tertiary/aromatic N) is 1. The third-order valence-corrected chi connectivity index (χ3v) is 5.87. The minimum atomic E-state index is 0. The van der Waals surface area contributed by atoms with Gasteiger partial charge in [0, 0.05) is 29.3 Å². The number of aliphatic hydroxyl groups excluding tert-OH is 1. The van der Waals surface area contributed by atoms with E-state index >= 15 is 0 Å². The van der Waals surface area contributed by atoms with Crippen LogP contribution in [0.25, 0.3) is 0 Å². The van der Waals surface area contributed by atoms with Crippen LogP contribution in [0.2, 0.25) is 0 Å². The fourth-order valence-electron chi connectivity index (χ4n) is 3.10. The molecule has 2 N–H and O–H groups in total. The summed E-state index contributed by atoms with van der Waals surface area (Å²) in [5.41, 5.74) is 4.45. The highest BCUT2D eigenvalue weighted by molar-refractivity contribution is 8.93. The standard InChI is InChI=1S/C20H30N2O2S.BrH/c1-13(2)16-7-6-8-17(14(3)4)20(16)21-19(24)11-22-12-25-18(9-10-23)15(22)5;/h6-8,13-14,23H,9-12H2,1-5H3,(H,21,24);1H. The van der Waals surface area contributed by atoms with E-state index < -0.39 is 0 Å². The molecule has 1 amide bonds. The Balaban J connectivity index is 0.00000338. The van der Waals surface area contributed by atoms with Crippen LogP contribution in [0.5, 0.6) is 0 Å². The van der Waals surface area contributed by atoms with Crippen LogP contribution in [0.15, 0.2) is 28.8 Å². The molecular formula is C20H31BrN2O2S. The van der Waals surface area contributed by atoms with E-state index in [-0.39, 0.29) is 29.5 Å². The van der Waals surface area contributed by atoms with Crippen molar-refractivity contribution < 1.29 is 9.90 Å². The van der Waals surface area contributed by atoms with Gasteiger partial charge in [0.05, 0.1) is 12.4 Å². The number of allylic oxidation sites excluding steroid dienone is 1. The third kappa shape index (κ3) is 5.51. The quantitative estimate of drug-likeness (QED) is 0.618. The van der Waals surface area contributed by atoms with Crippen molar-refractivity contribution in [3.05, 3.63) is 39.9 Å². The van der Waals surface area contributed by atoms with Crippen molar-refractivity contribution in [3.63, 3.8) is 0 Å². The molecule has 6 heteroatoms. The van der Waals surface area contributed by atoms with Crippen LogP contribution in [-0.2, 0) is 4.79 Å². The summed E-state index contributed by atoms with van der Waals surface area (Å²) in [6.07, 6.45) is 0.669. The Kier molecular flexibility index (Phi) is 9.21. The van der Waals surface area contributed by atoms with E-state index in [0.717, 1.165) is 17.3 Å². The highest BCUT2D eigenvalue weighted by Crippen LogP contribution is 2.34. The van der Waals surface area contributed by atoms with E-state index in [1.54, 1.807) is 11.8 Å². The molecule has 1 aliphatic heterocycles. The molecule has 1 aromatic carbocycles. The molecule has 2 rings (SSSR count). The largest absolute Gasteiger partial charge is 0.396 e. The van der Waals surface area contributed by atoms with E-state index in [1.165, 1.54) is 16.0 Å². The number of halogens is 1. The summed E-state index contributed by atoms with van der Waals surface area (Å²) in [6, 6.07) is 6.27. The third-order valence-electron chi connectivity index (χ3n) is 4.58. The van der Waals surface area contributed by atoms with Crippen molar-refractivity contribution >= 4 is 40.3 Å². The van der Waals surface area contributed by atoms with Gasteiger partial charge in [-0.05, 0) is 29.9 Å². The number of rotatable bonds is 7. The molecule has 0 saturated heterocycles. The van der Waals surface area contributed by atoms with Gasteiger partial charge in [0.25, 0.3) is 0 Å². The molecule has 0 saturated carbocycles. The molecule has 0 atom stereocenters. The summed E-state index contributed by atoms with van der Waals surface area (Å²) in [7, 11) is 0. The molecule has 0 unspecified atom stereocenters. The van der Waals surface area contributed by atoms with Crippen molar-refractivity contribution in [2.24, 2.45) is 0 Å². The second-order valence-electron chi connectivity index (χ2n) is 7.12. The SMILES string of the molecule is Br.CC1=C(CCO)SCN1CC(=O)Nc1c(C(C)C)cccc1C(C)C. The van der Waals surface area contributed by atoms with Gasteiger partial charge in [-0.25, -0.2) is 0 Å². The molecule has 0 aliphatic carbocycles. The maximum Gasteiger partial charge on any atom is 0.243 e. The monoisotopic (exact) mass is 442 g/mol. The summed E-state index contributed by atoms with van der Waals surface area (Å²) >= 11 is 1.71. The molecule has 1 aliphatic rings. The van der Waals surface area contributed by atoms with Crippen molar-refractivity contribution in [2.75, 3.05) is 24.3 Å². The van der Waals surface area contributed by atoms with Gasteiger partial charge in [-0.15, -0.1) is 28.7 Å². The lowest BCUT2D eigenvalue weighted by Crippen LogP contribution is -2.30. The average molecular weight is 443 g/mol. The van der Waals surface area contributed by atoms with Crippen LogP contribution in [-0.4, -0.2) is 34.9 Å². The van der Waals surface area contributed by atoms with Gasteiger partial charge in [0.15, 0.2) is 0 Å². The van der Waals surface area contributed by atoms with Crippen molar-refractivity contribution in [1.82, 2.24) is 4.90 Å². The molecule has 1 aromatic rings. The maximum absolute atomic E-state index is 12.7. The van der Waals surface area contributed by atoms with Gasteiger partial charge in [-0.3, -0.25) is 4.79 Å². The lowest BCUT2D eigenvalue weighted by atomic mass is 9.92. The van der Waals surface area contributed by atoms with E-state index in [2.05, 4.69) is 56.1 Å². The fourth-order valence-corrected chi connectivity index (χ4v) is 4.27. The van der Waals surface area contributed by atoms with E-state index in [9.17, 15) is 4.79 Å². The van der Waals surface area contributed by atoms with Gasteiger partial charge in [-0.1, -0.05) is 45.9 Å². The lowest BCUT2D eigenvalue weighted by molar-refractivity contribution is -0.116. The summed E-state index contributed by atoms with van der Waals surface area (Å²) in [6.45, 7) is 11.1. The van der Waals surface area contributed by atoms with E-state index in [4.69, 9.17) is 5.11 Å². The minimum Gasteiger partial charge on any atom is -0.396 e.